The zero-order chi connectivity index (χ0) is 10.7. The largest absolute Gasteiger partial charge is 0.355 e. The number of nitrogens with zero attached hydrogens (tertiary/aromatic N) is 3. The highest BCUT2D eigenvalue weighted by Gasteiger charge is 2.19. The molecule has 0 aromatic carbocycles. The van der Waals surface area contributed by atoms with Crippen LogP contribution in [-0.2, 0) is 6.54 Å². The Labute approximate surface area is 90.5 Å². The minimum Gasteiger partial charge on any atom is -0.355 e. The van der Waals surface area contributed by atoms with Gasteiger partial charge in [-0.05, 0) is 18.8 Å². The molecular formula is C11H18N4. The molecule has 0 saturated carbocycles. The van der Waals surface area contributed by atoms with Gasteiger partial charge in [-0.3, -0.25) is 4.98 Å². The molecule has 0 atom stereocenters. The Hall–Kier alpha value is -1.16. The monoisotopic (exact) mass is 206 g/mol. The van der Waals surface area contributed by atoms with Crippen molar-refractivity contribution in [3.05, 3.63) is 18.1 Å². The van der Waals surface area contributed by atoms with Gasteiger partial charge in [-0.15, -0.1) is 0 Å². The van der Waals surface area contributed by atoms with Crippen molar-refractivity contribution in [1.82, 2.24) is 9.97 Å². The van der Waals surface area contributed by atoms with Gasteiger partial charge in [0.15, 0.2) is 5.82 Å². The third-order valence-corrected chi connectivity index (χ3v) is 3.03. The van der Waals surface area contributed by atoms with E-state index >= 15 is 0 Å². The summed E-state index contributed by atoms with van der Waals surface area (Å²) in [5.41, 5.74) is 6.56. The molecule has 0 unspecified atom stereocenters. The lowest BCUT2D eigenvalue weighted by molar-refractivity contribution is 0.435. The summed E-state index contributed by atoms with van der Waals surface area (Å²) < 4.78 is 0. The zero-order valence-electron chi connectivity index (χ0n) is 9.19. The van der Waals surface area contributed by atoms with E-state index in [0.717, 1.165) is 30.5 Å². The highest BCUT2D eigenvalue weighted by atomic mass is 15.2. The van der Waals surface area contributed by atoms with Gasteiger partial charge < -0.3 is 10.6 Å². The fraction of sp³-hybridized carbons (Fsp3) is 0.636. The number of hydrogen-bond donors (Lipinski definition) is 1. The molecule has 15 heavy (non-hydrogen) atoms. The van der Waals surface area contributed by atoms with Crippen LogP contribution in [0.4, 0.5) is 5.82 Å². The van der Waals surface area contributed by atoms with Gasteiger partial charge >= 0.3 is 0 Å². The Morgan fingerprint density at radius 3 is 2.67 bits per heavy atom. The molecule has 0 amide bonds. The second-order valence-corrected chi connectivity index (χ2v) is 4.20. The molecule has 0 bridgehead atoms. The van der Waals surface area contributed by atoms with Gasteiger partial charge in [0.25, 0.3) is 0 Å². The van der Waals surface area contributed by atoms with E-state index in [1.807, 2.05) is 0 Å². The molecule has 1 aromatic rings. The average molecular weight is 206 g/mol. The fourth-order valence-corrected chi connectivity index (χ4v) is 1.99. The number of nitrogens with two attached hydrogens (primary N) is 1. The fourth-order valence-electron chi connectivity index (χ4n) is 1.99. The van der Waals surface area contributed by atoms with Gasteiger partial charge in [-0.1, -0.05) is 6.92 Å². The van der Waals surface area contributed by atoms with E-state index < -0.39 is 0 Å². The SMILES string of the molecule is CC1CCN(c2nccnc2CN)CC1. The van der Waals surface area contributed by atoms with Crippen molar-refractivity contribution in [2.45, 2.75) is 26.3 Å². The van der Waals surface area contributed by atoms with Gasteiger partial charge in [0.1, 0.15) is 0 Å². The number of hydrogen-bond acceptors (Lipinski definition) is 4. The molecule has 2 N–H and O–H groups in total. The van der Waals surface area contributed by atoms with E-state index in [-0.39, 0.29) is 0 Å². The van der Waals surface area contributed by atoms with Crippen LogP contribution in [0.5, 0.6) is 0 Å². The Morgan fingerprint density at radius 2 is 2.00 bits per heavy atom. The molecule has 0 aliphatic carbocycles. The number of rotatable bonds is 2. The van der Waals surface area contributed by atoms with Crippen molar-refractivity contribution in [3.63, 3.8) is 0 Å². The van der Waals surface area contributed by atoms with Crippen molar-refractivity contribution in [1.29, 1.82) is 0 Å². The first-order valence-electron chi connectivity index (χ1n) is 5.56. The minimum absolute atomic E-state index is 0.467. The van der Waals surface area contributed by atoms with Gasteiger partial charge in [0.2, 0.25) is 0 Å². The van der Waals surface area contributed by atoms with E-state index in [2.05, 4.69) is 21.8 Å². The summed E-state index contributed by atoms with van der Waals surface area (Å²) in [6.45, 7) is 4.92. The molecule has 1 saturated heterocycles. The third kappa shape index (κ3) is 2.26. The van der Waals surface area contributed by atoms with Crippen LogP contribution in [0.15, 0.2) is 12.4 Å². The van der Waals surface area contributed by atoms with E-state index in [1.54, 1.807) is 12.4 Å². The molecule has 0 radical (unpaired) electrons. The predicted molar refractivity (Wildman–Crippen MR) is 60.5 cm³/mol. The van der Waals surface area contributed by atoms with Crippen LogP contribution in [0.1, 0.15) is 25.5 Å². The first kappa shape index (κ1) is 10.4. The summed E-state index contributed by atoms with van der Waals surface area (Å²) in [4.78, 5) is 10.9. The molecule has 2 rings (SSSR count). The normalized spacial score (nSPS) is 18.1. The Kier molecular flexibility index (Phi) is 3.16. The quantitative estimate of drug-likeness (QED) is 0.789. The van der Waals surface area contributed by atoms with E-state index in [9.17, 15) is 0 Å². The topological polar surface area (TPSA) is 55.0 Å². The van der Waals surface area contributed by atoms with Crippen molar-refractivity contribution >= 4 is 5.82 Å². The summed E-state index contributed by atoms with van der Waals surface area (Å²) in [6.07, 6.45) is 5.92. The van der Waals surface area contributed by atoms with E-state index in [1.165, 1.54) is 12.8 Å². The van der Waals surface area contributed by atoms with Gasteiger partial charge in [-0.2, -0.15) is 0 Å². The van der Waals surface area contributed by atoms with Crippen LogP contribution >= 0.6 is 0 Å². The first-order valence-corrected chi connectivity index (χ1v) is 5.56. The lowest BCUT2D eigenvalue weighted by Gasteiger charge is -2.31. The molecule has 1 aliphatic rings. The molecule has 2 heterocycles. The molecule has 0 spiro atoms. The van der Waals surface area contributed by atoms with Crippen molar-refractivity contribution in [3.8, 4) is 0 Å². The number of piperidine rings is 1. The molecular weight excluding hydrogens is 188 g/mol. The molecule has 1 aliphatic heterocycles. The predicted octanol–water partition coefficient (Wildman–Crippen LogP) is 1.17. The van der Waals surface area contributed by atoms with Gasteiger partial charge in [0, 0.05) is 32.0 Å². The Morgan fingerprint density at radius 1 is 1.33 bits per heavy atom. The summed E-state index contributed by atoms with van der Waals surface area (Å²) >= 11 is 0. The van der Waals surface area contributed by atoms with E-state index in [4.69, 9.17) is 5.73 Å². The van der Waals surface area contributed by atoms with Crippen LogP contribution in [-0.4, -0.2) is 23.1 Å². The van der Waals surface area contributed by atoms with Crippen LogP contribution in [0.3, 0.4) is 0 Å². The highest BCUT2D eigenvalue weighted by molar-refractivity contribution is 5.43. The van der Waals surface area contributed by atoms with Crippen LogP contribution in [0.2, 0.25) is 0 Å². The first-order chi connectivity index (χ1) is 7.31. The summed E-state index contributed by atoms with van der Waals surface area (Å²) in [5.74, 6) is 1.81. The van der Waals surface area contributed by atoms with Crippen LogP contribution in [0.25, 0.3) is 0 Å². The maximum atomic E-state index is 5.66. The Bertz CT molecular complexity index is 318. The second-order valence-electron chi connectivity index (χ2n) is 4.20. The molecule has 4 heteroatoms. The van der Waals surface area contributed by atoms with Crippen molar-refractivity contribution in [2.75, 3.05) is 18.0 Å². The lowest BCUT2D eigenvalue weighted by Crippen LogP contribution is -2.34. The third-order valence-electron chi connectivity index (χ3n) is 3.03. The standard InChI is InChI=1S/C11H18N4/c1-9-2-6-15(7-3-9)11-10(8-12)13-4-5-14-11/h4-5,9H,2-3,6-8,12H2,1H3. The van der Waals surface area contributed by atoms with Gasteiger partial charge in [-0.25, -0.2) is 4.98 Å². The summed E-state index contributed by atoms with van der Waals surface area (Å²) in [7, 11) is 0. The van der Waals surface area contributed by atoms with Crippen molar-refractivity contribution in [2.24, 2.45) is 11.7 Å². The number of aromatic nitrogens is 2. The summed E-state index contributed by atoms with van der Waals surface area (Å²) in [5, 5.41) is 0. The number of anilines is 1. The Balaban J connectivity index is 2.15. The molecule has 1 fully saturated rings. The maximum absolute atomic E-state index is 5.66. The summed E-state index contributed by atoms with van der Waals surface area (Å²) in [6, 6.07) is 0. The average Bonchev–Trinajstić information content (AvgIpc) is 2.30. The lowest BCUT2D eigenvalue weighted by atomic mass is 9.99. The van der Waals surface area contributed by atoms with Crippen LogP contribution in [0, 0.1) is 5.92 Å². The maximum Gasteiger partial charge on any atom is 0.151 e. The molecule has 4 nitrogen and oxygen atoms in total. The highest BCUT2D eigenvalue weighted by Crippen LogP contribution is 2.22. The van der Waals surface area contributed by atoms with Crippen LogP contribution < -0.4 is 10.6 Å². The molecule has 1 aromatic heterocycles. The van der Waals surface area contributed by atoms with Crippen molar-refractivity contribution < 1.29 is 0 Å². The molecule has 82 valence electrons. The smallest absolute Gasteiger partial charge is 0.151 e. The zero-order valence-corrected chi connectivity index (χ0v) is 9.19. The second kappa shape index (κ2) is 4.57. The van der Waals surface area contributed by atoms with E-state index in [0.29, 0.717) is 6.54 Å². The minimum atomic E-state index is 0.467. The van der Waals surface area contributed by atoms with Gasteiger partial charge in [0.05, 0.1) is 5.69 Å².